The summed E-state index contributed by atoms with van der Waals surface area (Å²) in [6.45, 7) is 6.76. The van der Waals surface area contributed by atoms with E-state index in [-0.39, 0.29) is 5.78 Å². The van der Waals surface area contributed by atoms with Crippen molar-refractivity contribution >= 4 is 37.6 Å². The fourth-order valence-corrected chi connectivity index (χ4v) is 5.77. The summed E-state index contributed by atoms with van der Waals surface area (Å²) in [5, 5.41) is 3.23. The molecule has 6 rings (SSSR count). The first-order valence-corrected chi connectivity index (χ1v) is 14.4. The van der Waals surface area contributed by atoms with Crippen molar-refractivity contribution in [2.75, 3.05) is 39.1 Å². The van der Waals surface area contributed by atoms with Gasteiger partial charge in [0.05, 0.1) is 30.5 Å². The fraction of sp³-hybridized carbons (Fsp3) is 0.345. The first kappa shape index (κ1) is 25.6. The highest BCUT2D eigenvalue weighted by molar-refractivity contribution is 7.85. The normalized spacial score (nSPS) is 18.0. The van der Waals surface area contributed by atoms with Crippen molar-refractivity contribution in [2.24, 2.45) is 0 Å². The van der Waals surface area contributed by atoms with Gasteiger partial charge in [-0.15, -0.1) is 0 Å². The van der Waals surface area contributed by atoms with Gasteiger partial charge in [-0.1, -0.05) is 60.7 Å². The lowest BCUT2D eigenvalue weighted by atomic mass is 9.94. The average molecular weight is 521 g/mol. The van der Waals surface area contributed by atoms with Crippen molar-refractivity contribution in [1.82, 2.24) is 9.47 Å². The molecule has 0 spiro atoms. The SMILES string of the molecule is CS(=O)(=O)O.Cc1c(C(=O)c2cccc3ccccc23)c2cccc3c2n1C(CN1CCOCC1)CC3. The Morgan fingerprint density at radius 3 is 2.41 bits per heavy atom. The molecule has 1 aromatic heterocycles. The summed E-state index contributed by atoms with van der Waals surface area (Å²) < 4.78 is 33.9. The van der Waals surface area contributed by atoms with Gasteiger partial charge in [-0.3, -0.25) is 14.2 Å². The molecule has 0 radical (unpaired) electrons. The lowest BCUT2D eigenvalue weighted by Crippen LogP contribution is -2.40. The Kier molecular flexibility index (Phi) is 7.18. The third-order valence-corrected chi connectivity index (χ3v) is 7.30. The zero-order valence-corrected chi connectivity index (χ0v) is 22.0. The highest BCUT2D eigenvalue weighted by atomic mass is 32.2. The Morgan fingerprint density at radius 1 is 1.00 bits per heavy atom. The third-order valence-electron chi connectivity index (χ3n) is 7.30. The molecular formula is C29H32N2O5S. The van der Waals surface area contributed by atoms with E-state index in [9.17, 15) is 13.2 Å². The van der Waals surface area contributed by atoms with E-state index in [0.717, 1.165) is 78.7 Å². The molecule has 3 heterocycles. The molecule has 1 N–H and O–H groups in total. The van der Waals surface area contributed by atoms with Crippen LogP contribution in [0, 0.1) is 6.92 Å². The van der Waals surface area contributed by atoms with Gasteiger partial charge < -0.3 is 9.30 Å². The van der Waals surface area contributed by atoms with E-state index in [2.05, 4.69) is 52.8 Å². The van der Waals surface area contributed by atoms with E-state index in [0.29, 0.717) is 12.3 Å². The molecule has 2 aliphatic heterocycles. The van der Waals surface area contributed by atoms with Crippen molar-refractivity contribution in [2.45, 2.75) is 25.8 Å². The average Bonchev–Trinajstić information content (AvgIpc) is 3.18. The molecule has 194 valence electrons. The second-order valence-corrected chi connectivity index (χ2v) is 11.3. The Hall–Kier alpha value is -3.04. The highest BCUT2D eigenvalue weighted by Crippen LogP contribution is 2.39. The van der Waals surface area contributed by atoms with Crippen LogP contribution >= 0.6 is 0 Å². The molecule has 0 saturated carbocycles. The van der Waals surface area contributed by atoms with Gasteiger partial charge in [-0.05, 0) is 36.1 Å². The number of morpholine rings is 1. The van der Waals surface area contributed by atoms with Crippen LogP contribution in [0.2, 0.25) is 0 Å². The molecule has 0 bridgehead atoms. The number of fused-ring (bicyclic) bond motifs is 1. The largest absolute Gasteiger partial charge is 0.379 e. The van der Waals surface area contributed by atoms with Crippen LogP contribution < -0.4 is 0 Å². The molecule has 1 atom stereocenters. The Morgan fingerprint density at radius 2 is 1.65 bits per heavy atom. The van der Waals surface area contributed by atoms with Crippen LogP contribution in [0.4, 0.5) is 0 Å². The second-order valence-electron chi connectivity index (χ2n) is 9.84. The predicted molar refractivity (Wildman–Crippen MR) is 146 cm³/mol. The third kappa shape index (κ3) is 5.33. The number of hydrogen-bond acceptors (Lipinski definition) is 5. The van der Waals surface area contributed by atoms with E-state index in [1.165, 1.54) is 11.1 Å². The molecule has 1 saturated heterocycles. The monoisotopic (exact) mass is 520 g/mol. The van der Waals surface area contributed by atoms with Gasteiger partial charge in [-0.2, -0.15) is 8.42 Å². The van der Waals surface area contributed by atoms with Crippen LogP contribution in [0.5, 0.6) is 0 Å². The zero-order valence-electron chi connectivity index (χ0n) is 21.2. The van der Waals surface area contributed by atoms with Crippen molar-refractivity contribution in [3.05, 3.63) is 83.0 Å². The van der Waals surface area contributed by atoms with Gasteiger partial charge in [0.25, 0.3) is 10.1 Å². The Labute approximate surface area is 217 Å². The zero-order chi connectivity index (χ0) is 26.2. The first-order valence-electron chi connectivity index (χ1n) is 12.6. The van der Waals surface area contributed by atoms with Crippen LogP contribution in [-0.4, -0.2) is 67.3 Å². The number of rotatable bonds is 4. The number of aryl methyl sites for hydroxylation is 1. The molecule has 3 aromatic carbocycles. The topological polar surface area (TPSA) is 88.8 Å². The van der Waals surface area contributed by atoms with Gasteiger partial charge in [0, 0.05) is 42.3 Å². The fourth-order valence-electron chi connectivity index (χ4n) is 5.77. The summed E-state index contributed by atoms with van der Waals surface area (Å²) in [4.78, 5) is 16.5. The van der Waals surface area contributed by atoms with E-state index >= 15 is 0 Å². The number of aromatic nitrogens is 1. The van der Waals surface area contributed by atoms with Gasteiger partial charge in [-0.25, -0.2) is 0 Å². The van der Waals surface area contributed by atoms with E-state index in [1.807, 2.05) is 24.3 Å². The maximum absolute atomic E-state index is 14.0. The van der Waals surface area contributed by atoms with Gasteiger partial charge >= 0.3 is 0 Å². The summed E-state index contributed by atoms with van der Waals surface area (Å²) in [6, 6.07) is 21.1. The van der Waals surface area contributed by atoms with Crippen molar-refractivity contribution in [3.8, 4) is 0 Å². The molecule has 0 aliphatic carbocycles. The van der Waals surface area contributed by atoms with E-state index < -0.39 is 10.1 Å². The molecule has 2 aliphatic rings. The lowest BCUT2D eigenvalue weighted by Gasteiger charge is -2.34. The van der Waals surface area contributed by atoms with Crippen LogP contribution in [0.3, 0.4) is 0 Å². The standard InChI is InChI=1S/C28H28N2O2.CH4O3S/c1-19-26(28(31)24-10-4-7-20-6-2-3-9-23(20)24)25-11-5-8-21-12-13-22(30(19)27(21)25)18-29-14-16-32-17-15-29;1-5(2,3)4/h2-11,22H,12-18H2,1H3;1H3,(H,2,3,4). The minimum absolute atomic E-state index is 0.132. The molecule has 7 nitrogen and oxygen atoms in total. The summed E-state index contributed by atoms with van der Waals surface area (Å²) in [7, 11) is -3.67. The van der Waals surface area contributed by atoms with E-state index in [4.69, 9.17) is 9.29 Å². The number of carbonyl (C=O) groups is 1. The number of ketones is 1. The Bertz CT molecular complexity index is 1560. The highest BCUT2D eigenvalue weighted by Gasteiger charge is 2.30. The minimum Gasteiger partial charge on any atom is -0.379 e. The molecule has 0 amide bonds. The molecular weight excluding hydrogens is 488 g/mol. The molecule has 1 fully saturated rings. The number of benzene rings is 3. The maximum Gasteiger partial charge on any atom is 0.261 e. The van der Waals surface area contributed by atoms with Crippen LogP contribution in [0.15, 0.2) is 60.7 Å². The minimum atomic E-state index is -3.67. The molecule has 8 heteroatoms. The van der Waals surface area contributed by atoms with Crippen molar-refractivity contribution in [3.63, 3.8) is 0 Å². The smallest absolute Gasteiger partial charge is 0.261 e. The number of ether oxygens (including phenoxy) is 1. The van der Waals surface area contributed by atoms with Crippen molar-refractivity contribution < 1.29 is 22.5 Å². The first-order chi connectivity index (χ1) is 17.7. The van der Waals surface area contributed by atoms with Crippen LogP contribution in [-0.2, 0) is 21.3 Å². The Balaban J connectivity index is 0.000000514. The summed E-state index contributed by atoms with van der Waals surface area (Å²) in [6.07, 6.45) is 2.89. The quantitative estimate of drug-likeness (QED) is 0.311. The summed E-state index contributed by atoms with van der Waals surface area (Å²) in [5.74, 6) is 0.132. The van der Waals surface area contributed by atoms with Crippen LogP contribution in [0.25, 0.3) is 21.7 Å². The summed E-state index contributed by atoms with van der Waals surface area (Å²) >= 11 is 0. The molecule has 4 aromatic rings. The molecule has 37 heavy (non-hydrogen) atoms. The van der Waals surface area contributed by atoms with Gasteiger partial charge in [0.2, 0.25) is 0 Å². The predicted octanol–water partition coefficient (Wildman–Crippen LogP) is 4.66. The number of nitrogens with zero attached hydrogens (tertiary/aromatic N) is 2. The van der Waals surface area contributed by atoms with Gasteiger partial charge in [0.15, 0.2) is 5.78 Å². The molecule has 1 unspecified atom stereocenters. The van der Waals surface area contributed by atoms with Gasteiger partial charge in [0.1, 0.15) is 0 Å². The summed E-state index contributed by atoms with van der Waals surface area (Å²) in [5.41, 5.74) is 5.38. The lowest BCUT2D eigenvalue weighted by molar-refractivity contribution is 0.0308. The number of para-hydroxylation sites is 1. The maximum atomic E-state index is 14.0. The van der Waals surface area contributed by atoms with Crippen molar-refractivity contribution in [1.29, 1.82) is 0 Å². The number of hydrogen-bond donors (Lipinski definition) is 1. The second kappa shape index (κ2) is 10.4. The van der Waals surface area contributed by atoms with Crippen LogP contribution in [0.1, 0.15) is 39.6 Å². The van der Waals surface area contributed by atoms with E-state index in [1.54, 1.807) is 0 Å². The number of carbonyl (C=O) groups excluding carboxylic acids is 1.